The van der Waals surface area contributed by atoms with Crippen molar-refractivity contribution in [2.45, 2.75) is 76.5 Å². The summed E-state index contributed by atoms with van der Waals surface area (Å²) in [4.78, 5) is 0. The highest BCUT2D eigenvalue weighted by atomic mass is 16.5. The molecule has 0 aromatic carbocycles. The van der Waals surface area contributed by atoms with Crippen LogP contribution in [0.5, 0.6) is 0 Å². The van der Waals surface area contributed by atoms with Crippen LogP contribution in [0.2, 0.25) is 0 Å². The second-order valence-corrected chi connectivity index (χ2v) is 5.72. The van der Waals surface area contributed by atoms with E-state index in [0.717, 1.165) is 5.92 Å². The molecule has 2 aliphatic rings. The molecule has 2 nitrogen and oxygen atoms in total. The van der Waals surface area contributed by atoms with Crippen molar-refractivity contribution in [3.8, 4) is 0 Å². The zero-order valence-electron chi connectivity index (χ0n) is 10.9. The first-order valence-corrected chi connectivity index (χ1v) is 7.08. The van der Waals surface area contributed by atoms with Gasteiger partial charge in [-0.1, -0.05) is 12.8 Å². The molecule has 2 fully saturated rings. The van der Waals surface area contributed by atoms with E-state index in [4.69, 9.17) is 4.74 Å². The average Bonchev–Trinajstić information content (AvgIpc) is 2.83. The standard InChI is InChI=1S/C14H27NO/c1-11(12-6-3-4-7-12)15-13-8-5-9-14(10-13)16-2/h11-15H,3-10H2,1-2H3/t11-,13?,14?/m0/s1. The third kappa shape index (κ3) is 3.21. The van der Waals surface area contributed by atoms with Crippen molar-refractivity contribution in [3.05, 3.63) is 0 Å². The van der Waals surface area contributed by atoms with E-state index in [9.17, 15) is 0 Å². The first-order valence-electron chi connectivity index (χ1n) is 7.08. The fourth-order valence-corrected chi connectivity index (χ4v) is 3.48. The third-order valence-corrected chi connectivity index (χ3v) is 4.56. The number of ether oxygens (including phenoxy) is 1. The minimum absolute atomic E-state index is 0.502. The molecule has 2 rings (SSSR count). The highest BCUT2D eigenvalue weighted by molar-refractivity contribution is 4.84. The topological polar surface area (TPSA) is 21.3 Å². The lowest BCUT2D eigenvalue weighted by atomic mass is 9.90. The fraction of sp³-hybridized carbons (Fsp3) is 1.00. The molecule has 2 aliphatic carbocycles. The summed E-state index contributed by atoms with van der Waals surface area (Å²) in [6.45, 7) is 2.38. The Bertz CT molecular complexity index is 201. The zero-order chi connectivity index (χ0) is 11.4. The molecule has 0 spiro atoms. The molecule has 3 atom stereocenters. The van der Waals surface area contributed by atoms with E-state index in [1.807, 2.05) is 7.11 Å². The lowest BCUT2D eigenvalue weighted by Gasteiger charge is -2.33. The van der Waals surface area contributed by atoms with Gasteiger partial charge in [0.15, 0.2) is 0 Å². The van der Waals surface area contributed by atoms with Crippen LogP contribution in [-0.4, -0.2) is 25.3 Å². The van der Waals surface area contributed by atoms with Crippen molar-refractivity contribution in [2.24, 2.45) is 5.92 Å². The van der Waals surface area contributed by atoms with Crippen LogP contribution in [0.3, 0.4) is 0 Å². The van der Waals surface area contributed by atoms with Gasteiger partial charge in [0.2, 0.25) is 0 Å². The second kappa shape index (κ2) is 6.02. The smallest absolute Gasteiger partial charge is 0.0586 e. The molecular weight excluding hydrogens is 198 g/mol. The minimum Gasteiger partial charge on any atom is -0.381 e. The Labute approximate surface area is 100 Å². The van der Waals surface area contributed by atoms with Crippen LogP contribution >= 0.6 is 0 Å². The Kier molecular flexibility index (Phi) is 4.66. The number of nitrogens with one attached hydrogen (secondary N) is 1. The summed E-state index contributed by atoms with van der Waals surface area (Å²) in [5.41, 5.74) is 0. The lowest BCUT2D eigenvalue weighted by Crippen LogP contribution is -2.44. The van der Waals surface area contributed by atoms with Gasteiger partial charge in [0.25, 0.3) is 0 Å². The summed E-state index contributed by atoms with van der Waals surface area (Å²) in [5.74, 6) is 0.933. The summed E-state index contributed by atoms with van der Waals surface area (Å²) in [5, 5.41) is 3.85. The molecule has 16 heavy (non-hydrogen) atoms. The summed E-state index contributed by atoms with van der Waals surface area (Å²) in [6.07, 6.45) is 11.4. The van der Waals surface area contributed by atoms with Crippen molar-refractivity contribution in [1.82, 2.24) is 5.32 Å². The molecule has 0 aliphatic heterocycles. The molecule has 0 amide bonds. The maximum Gasteiger partial charge on any atom is 0.0586 e. The van der Waals surface area contributed by atoms with Crippen molar-refractivity contribution in [3.63, 3.8) is 0 Å². The Hall–Kier alpha value is -0.0800. The Morgan fingerprint density at radius 2 is 1.81 bits per heavy atom. The summed E-state index contributed by atoms with van der Waals surface area (Å²) in [6, 6.07) is 1.41. The Morgan fingerprint density at radius 3 is 2.50 bits per heavy atom. The summed E-state index contributed by atoms with van der Waals surface area (Å²) < 4.78 is 5.49. The Balaban J connectivity index is 1.75. The Morgan fingerprint density at radius 1 is 1.06 bits per heavy atom. The molecule has 0 bridgehead atoms. The molecule has 0 saturated heterocycles. The molecule has 2 saturated carbocycles. The van der Waals surface area contributed by atoms with Gasteiger partial charge in [0, 0.05) is 19.2 Å². The molecule has 94 valence electrons. The monoisotopic (exact) mass is 225 g/mol. The van der Waals surface area contributed by atoms with Gasteiger partial charge in [0.05, 0.1) is 6.10 Å². The zero-order valence-corrected chi connectivity index (χ0v) is 10.9. The van der Waals surface area contributed by atoms with Crippen LogP contribution in [-0.2, 0) is 4.74 Å². The molecule has 2 heteroatoms. The quantitative estimate of drug-likeness (QED) is 0.794. The number of methoxy groups -OCH3 is 1. The van der Waals surface area contributed by atoms with E-state index in [0.29, 0.717) is 18.2 Å². The van der Waals surface area contributed by atoms with E-state index in [2.05, 4.69) is 12.2 Å². The number of rotatable bonds is 4. The first kappa shape index (κ1) is 12.4. The highest BCUT2D eigenvalue weighted by Gasteiger charge is 2.26. The molecule has 0 aromatic heterocycles. The normalized spacial score (nSPS) is 34.1. The predicted molar refractivity (Wildman–Crippen MR) is 67.6 cm³/mol. The van der Waals surface area contributed by atoms with Crippen LogP contribution in [0, 0.1) is 5.92 Å². The second-order valence-electron chi connectivity index (χ2n) is 5.72. The van der Waals surface area contributed by atoms with Crippen LogP contribution in [0.4, 0.5) is 0 Å². The lowest BCUT2D eigenvalue weighted by molar-refractivity contribution is 0.0558. The van der Waals surface area contributed by atoms with Crippen molar-refractivity contribution in [1.29, 1.82) is 0 Å². The largest absolute Gasteiger partial charge is 0.381 e. The highest BCUT2D eigenvalue weighted by Crippen LogP contribution is 2.29. The fourth-order valence-electron chi connectivity index (χ4n) is 3.48. The van der Waals surface area contributed by atoms with Crippen LogP contribution in [0.15, 0.2) is 0 Å². The van der Waals surface area contributed by atoms with Gasteiger partial charge in [0.1, 0.15) is 0 Å². The average molecular weight is 225 g/mol. The van der Waals surface area contributed by atoms with Crippen LogP contribution < -0.4 is 5.32 Å². The predicted octanol–water partition coefficient (Wildman–Crippen LogP) is 3.11. The minimum atomic E-state index is 0.502. The van der Waals surface area contributed by atoms with Gasteiger partial charge < -0.3 is 10.1 Å². The van der Waals surface area contributed by atoms with Gasteiger partial charge in [-0.05, 0) is 51.4 Å². The van der Waals surface area contributed by atoms with Gasteiger partial charge in [-0.3, -0.25) is 0 Å². The third-order valence-electron chi connectivity index (χ3n) is 4.56. The van der Waals surface area contributed by atoms with Gasteiger partial charge in [-0.25, -0.2) is 0 Å². The maximum atomic E-state index is 5.49. The molecule has 0 aromatic rings. The number of hydrogen-bond donors (Lipinski definition) is 1. The van der Waals surface area contributed by atoms with Crippen molar-refractivity contribution >= 4 is 0 Å². The van der Waals surface area contributed by atoms with E-state index in [1.165, 1.54) is 51.4 Å². The van der Waals surface area contributed by atoms with E-state index >= 15 is 0 Å². The maximum absolute atomic E-state index is 5.49. The molecule has 2 unspecified atom stereocenters. The van der Waals surface area contributed by atoms with E-state index in [-0.39, 0.29) is 0 Å². The molecule has 0 radical (unpaired) electrons. The van der Waals surface area contributed by atoms with Crippen molar-refractivity contribution < 1.29 is 4.74 Å². The van der Waals surface area contributed by atoms with Gasteiger partial charge in [-0.2, -0.15) is 0 Å². The molecule has 0 heterocycles. The van der Waals surface area contributed by atoms with Crippen molar-refractivity contribution in [2.75, 3.05) is 7.11 Å². The van der Waals surface area contributed by atoms with E-state index < -0.39 is 0 Å². The van der Waals surface area contributed by atoms with Crippen LogP contribution in [0.1, 0.15) is 58.3 Å². The SMILES string of the molecule is COC1CCCC(N[C@@H](C)C2CCCC2)C1. The number of hydrogen-bond acceptors (Lipinski definition) is 2. The van der Waals surface area contributed by atoms with Crippen LogP contribution in [0.25, 0.3) is 0 Å². The van der Waals surface area contributed by atoms with E-state index in [1.54, 1.807) is 0 Å². The molecule has 1 N–H and O–H groups in total. The summed E-state index contributed by atoms with van der Waals surface area (Å²) >= 11 is 0. The first-order chi connectivity index (χ1) is 7.79. The van der Waals surface area contributed by atoms with Gasteiger partial charge in [-0.15, -0.1) is 0 Å². The molecular formula is C14H27NO. The summed E-state index contributed by atoms with van der Waals surface area (Å²) in [7, 11) is 1.85. The van der Waals surface area contributed by atoms with Gasteiger partial charge >= 0.3 is 0 Å².